The summed E-state index contributed by atoms with van der Waals surface area (Å²) in [5, 5.41) is 7.11. The Hall–Kier alpha value is -1.17. The van der Waals surface area contributed by atoms with E-state index in [2.05, 4.69) is 26.1 Å². The topological polar surface area (TPSA) is 52.1 Å². The fourth-order valence-electron chi connectivity index (χ4n) is 1.33. The molecule has 0 amide bonds. The summed E-state index contributed by atoms with van der Waals surface area (Å²) in [7, 11) is 0. The zero-order valence-corrected chi connectivity index (χ0v) is 12.5. The third kappa shape index (κ3) is 3.65. The molecule has 2 rings (SSSR count). The van der Waals surface area contributed by atoms with E-state index in [1.54, 1.807) is 0 Å². The van der Waals surface area contributed by atoms with Gasteiger partial charge in [0.1, 0.15) is 12.2 Å². The van der Waals surface area contributed by atoms with E-state index in [1.807, 2.05) is 24.3 Å². The van der Waals surface area contributed by atoms with Gasteiger partial charge in [-0.3, -0.25) is 0 Å². The van der Waals surface area contributed by atoms with Crippen LogP contribution in [0.1, 0.15) is 15.9 Å². The summed E-state index contributed by atoms with van der Waals surface area (Å²) in [4.78, 5) is 11.9. The molecule has 0 saturated heterocycles. The minimum absolute atomic E-state index is 0.0403. The van der Waals surface area contributed by atoms with Gasteiger partial charge in [-0.15, -0.1) is 10.2 Å². The molecular formula is C12H7BrCl2N2O2. The van der Waals surface area contributed by atoms with Crippen LogP contribution in [0.3, 0.4) is 0 Å². The fourth-order valence-corrected chi connectivity index (χ4v) is 2.05. The molecule has 4 nitrogen and oxygen atoms in total. The van der Waals surface area contributed by atoms with Crippen molar-refractivity contribution in [3.8, 4) is 0 Å². The van der Waals surface area contributed by atoms with Gasteiger partial charge in [-0.25, -0.2) is 4.79 Å². The summed E-state index contributed by atoms with van der Waals surface area (Å²) in [6, 6.07) is 8.75. The molecule has 7 heteroatoms. The molecule has 0 spiro atoms. The Labute approximate surface area is 127 Å². The third-order valence-electron chi connectivity index (χ3n) is 2.26. The Morgan fingerprint density at radius 1 is 1.26 bits per heavy atom. The minimum Gasteiger partial charge on any atom is -0.457 e. The van der Waals surface area contributed by atoms with Gasteiger partial charge in [-0.1, -0.05) is 57.3 Å². The van der Waals surface area contributed by atoms with Gasteiger partial charge in [-0.2, -0.15) is 0 Å². The van der Waals surface area contributed by atoms with Crippen LogP contribution in [-0.4, -0.2) is 16.2 Å². The van der Waals surface area contributed by atoms with Crippen molar-refractivity contribution in [3.63, 3.8) is 0 Å². The van der Waals surface area contributed by atoms with Crippen LogP contribution in [0.4, 0.5) is 0 Å². The highest BCUT2D eigenvalue weighted by Gasteiger charge is 2.15. The second-order valence-corrected chi connectivity index (χ2v) is 5.14. The number of carbonyl (C=O) groups is 1. The van der Waals surface area contributed by atoms with Crippen molar-refractivity contribution in [2.45, 2.75) is 6.61 Å². The van der Waals surface area contributed by atoms with Crippen LogP contribution in [0.25, 0.3) is 0 Å². The number of rotatable bonds is 3. The van der Waals surface area contributed by atoms with Crippen molar-refractivity contribution in [1.29, 1.82) is 0 Å². The first-order valence-electron chi connectivity index (χ1n) is 5.17. The zero-order valence-electron chi connectivity index (χ0n) is 9.44. The first-order chi connectivity index (χ1) is 9.08. The molecule has 19 heavy (non-hydrogen) atoms. The first kappa shape index (κ1) is 14.2. The molecule has 1 heterocycles. The molecule has 0 fully saturated rings. The van der Waals surface area contributed by atoms with Gasteiger partial charge in [0, 0.05) is 10.0 Å². The number of halogens is 3. The predicted molar refractivity (Wildman–Crippen MR) is 75.3 cm³/mol. The van der Waals surface area contributed by atoms with E-state index in [0.717, 1.165) is 10.0 Å². The number of esters is 1. The van der Waals surface area contributed by atoms with Crippen molar-refractivity contribution in [2.24, 2.45) is 0 Å². The van der Waals surface area contributed by atoms with Gasteiger partial charge in [0.25, 0.3) is 0 Å². The van der Waals surface area contributed by atoms with Crippen LogP contribution >= 0.6 is 39.1 Å². The number of hydrogen-bond acceptors (Lipinski definition) is 4. The molecule has 0 N–H and O–H groups in total. The van der Waals surface area contributed by atoms with E-state index in [4.69, 9.17) is 27.9 Å². The van der Waals surface area contributed by atoms with Crippen LogP contribution in [0.15, 0.2) is 34.8 Å². The van der Waals surface area contributed by atoms with Crippen molar-refractivity contribution in [2.75, 3.05) is 0 Å². The van der Waals surface area contributed by atoms with Crippen LogP contribution < -0.4 is 0 Å². The highest BCUT2D eigenvalue weighted by atomic mass is 79.9. The second kappa shape index (κ2) is 6.32. The molecule has 0 radical (unpaired) electrons. The largest absolute Gasteiger partial charge is 0.457 e. The summed E-state index contributed by atoms with van der Waals surface area (Å²) in [5.41, 5.74) is 0.939. The molecule has 0 atom stereocenters. The van der Waals surface area contributed by atoms with Gasteiger partial charge in [0.2, 0.25) is 0 Å². The maximum Gasteiger partial charge on any atom is 0.341 e. The monoisotopic (exact) mass is 360 g/mol. The fraction of sp³-hybridized carbons (Fsp3) is 0.0833. The quantitative estimate of drug-likeness (QED) is 0.778. The Balaban J connectivity index is 2.10. The van der Waals surface area contributed by atoms with Crippen molar-refractivity contribution >= 4 is 45.1 Å². The zero-order chi connectivity index (χ0) is 13.8. The van der Waals surface area contributed by atoms with Gasteiger partial charge >= 0.3 is 5.97 Å². The highest BCUT2D eigenvalue weighted by molar-refractivity contribution is 9.10. The van der Waals surface area contributed by atoms with E-state index in [9.17, 15) is 4.79 Å². The lowest BCUT2D eigenvalue weighted by Crippen LogP contribution is -2.07. The lowest BCUT2D eigenvalue weighted by molar-refractivity contribution is 0.0471. The molecule has 0 saturated carbocycles. The standard InChI is InChI=1S/C12H7BrCl2N2O2/c13-9-4-2-1-3-7(9)6-19-12(18)8-5-10(14)16-17-11(8)15/h1-5H,6H2. The normalized spacial score (nSPS) is 10.3. The lowest BCUT2D eigenvalue weighted by Gasteiger charge is -2.07. The number of ether oxygens (including phenoxy) is 1. The summed E-state index contributed by atoms with van der Waals surface area (Å²) < 4.78 is 6.01. The summed E-state index contributed by atoms with van der Waals surface area (Å²) in [6.45, 7) is 0.122. The van der Waals surface area contributed by atoms with E-state index in [1.165, 1.54) is 6.07 Å². The van der Waals surface area contributed by atoms with Crippen molar-refractivity contribution in [3.05, 3.63) is 56.2 Å². The molecular weight excluding hydrogens is 355 g/mol. The van der Waals surface area contributed by atoms with Crippen molar-refractivity contribution < 1.29 is 9.53 Å². The summed E-state index contributed by atoms with van der Waals surface area (Å²) >= 11 is 14.8. The molecule has 1 aromatic heterocycles. The van der Waals surface area contributed by atoms with Gasteiger partial charge in [-0.05, 0) is 12.1 Å². The Bertz CT molecular complexity index is 622. The Kier molecular flexibility index (Phi) is 4.74. The Morgan fingerprint density at radius 2 is 2.00 bits per heavy atom. The summed E-state index contributed by atoms with van der Waals surface area (Å²) in [5.74, 6) is -0.599. The van der Waals surface area contributed by atoms with Crippen LogP contribution in [-0.2, 0) is 11.3 Å². The average Bonchev–Trinajstić information content (AvgIpc) is 2.40. The van der Waals surface area contributed by atoms with E-state index >= 15 is 0 Å². The van der Waals surface area contributed by atoms with E-state index < -0.39 is 5.97 Å². The first-order valence-corrected chi connectivity index (χ1v) is 6.72. The van der Waals surface area contributed by atoms with Gasteiger partial charge in [0.05, 0.1) is 0 Å². The smallest absolute Gasteiger partial charge is 0.341 e. The molecule has 2 aromatic rings. The molecule has 0 aliphatic carbocycles. The molecule has 1 aromatic carbocycles. The lowest BCUT2D eigenvalue weighted by atomic mass is 10.2. The van der Waals surface area contributed by atoms with E-state index in [0.29, 0.717) is 0 Å². The maximum absolute atomic E-state index is 11.9. The van der Waals surface area contributed by atoms with Crippen molar-refractivity contribution in [1.82, 2.24) is 10.2 Å². The van der Waals surface area contributed by atoms with E-state index in [-0.39, 0.29) is 22.5 Å². The van der Waals surface area contributed by atoms with Gasteiger partial charge < -0.3 is 4.74 Å². The number of aromatic nitrogens is 2. The van der Waals surface area contributed by atoms with Crippen LogP contribution in [0.2, 0.25) is 10.3 Å². The van der Waals surface area contributed by atoms with Crippen LogP contribution in [0, 0.1) is 0 Å². The Morgan fingerprint density at radius 3 is 2.74 bits per heavy atom. The molecule has 0 aliphatic rings. The second-order valence-electron chi connectivity index (χ2n) is 3.54. The molecule has 0 aliphatic heterocycles. The number of carbonyl (C=O) groups excluding carboxylic acids is 1. The third-order valence-corrected chi connectivity index (χ3v) is 3.49. The number of benzene rings is 1. The molecule has 98 valence electrons. The predicted octanol–water partition coefficient (Wildman–Crippen LogP) is 3.90. The minimum atomic E-state index is -0.599. The number of hydrogen-bond donors (Lipinski definition) is 0. The molecule has 0 unspecified atom stereocenters. The number of nitrogens with zero attached hydrogens (tertiary/aromatic N) is 2. The average molecular weight is 362 g/mol. The molecule has 0 bridgehead atoms. The van der Waals surface area contributed by atoms with Gasteiger partial charge in [0.15, 0.2) is 10.3 Å². The maximum atomic E-state index is 11.9. The SMILES string of the molecule is O=C(OCc1ccccc1Br)c1cc(Cl)nnc1Cl. The highest BCUT2D eigenvalue weighted by Crippen LogP contribution is 2.19. The summed E-state index contributed by atoms with van der Waals surface area (Å²) in [6.07, 6.45) is 0. The van der Waals surface area contributed by atoms with Crippen LogP contribution in [0.5, 0.6) is 0 Å².